The zero-order chi connectivity index (χ0) is 18.5. The molecule has 0 atom stereocenters. The van der Waals surface area contributed by atoms with Crippen LogP contribution < -0.4 is 5.69 Å². The largest absolute Gasteiger partial charge is 0.465 e. The Balaban J connectivity index is 1.56. The number of hydrogen-bond donors (Lipinski definition) is 2. The van der Waals surface area contributed by atoms with Crippen LogP contribution in [0, 0.1) is 0 Å². The number of fused-ring (bicyclic) bond motifs is 4. The van der Waals surface area contributed by atoms with E-state index in [0.717, 1.165) is 5.69 Å². The Bertz CT molecular complexity index is 1070. The lowest BCUT2D eigenvalue weighted by Gasteiger charge is -2.25. The molecule has 6 heteroatoms. The summed E-state index contributed by atoms with van der Waals surface area (Å²) < 4.78 is 1.80. The van der Waals surface area contributed by atoms with Crippen LogP contribution in [0.5, 0.6) is 0 Å². The van der Waals surface area contributed by atoms with E-state index in [-0.39, 0.29) is 18.2 Å². The molecule has 5 rings (SSSR count). The van der Waals surface area contributed by atoms with E-state index in [4.69, 9.17) is 0 Å². The van der Waals surface area contributed by atoms with E-state index in [1.165, 1.54) is 27.2 Å². The lowest BCUT2D eigenvalue weighted by Crippen LogP contribution is -2.35. The van der Waals surface area contributed by atoms with Crippen LogP contribution in [0.25, 0.3) is 11.1 Å². The highest BCUT2D eigenvalue weighted by Gasteiger charge is 2.31. The van der Waals surface area contributed by atoms with E-state index in [1.807, 2.05) is 24.3 Å². The van der Waals surface area contributed by atoms with Gasteiger partial charge in [0.25, 0.3) is 0 Å². The number of imidazole rings is 1. The minimum atomic E-state index is -0.951. The first-order chi connectivity index (χ1) is 13.1. The molecule has 0 saturated heterocycles. The highest BCUT2D eigenvalue weighted by molar-refractivity contribution is 5.78. The lowest BCUT2D eigenvalue weighted by molar-refractivity contribution is 0.138. The third-order valence-electron chi connectivity index (χ3n) is 5.74. The van der Waals surface area contributed by atoms with E-state index in [1.54, 1.807) is 4.57 Å². The SMILES string of the molecule is O=C(O)N1CCc2c([nH]c(=O)n2CC2c3ccccc3-c3ccccc32)C1. The van der Waals surface area contributed by atoms with E-state index in [9.17, 15) is 14.7 Å². The van der Waals surface area contributed by atoms with E-state index in [2.05, 4.69) is 29.2 Å². The van der Waals surface area contributed by atoms with Gasteiger partial charge in [0.15, 0.2) is 0 Å². The van der Waals surface area contributed by atoms with Crippen molar-refractivity contribution in [3.8, 4) is 11.1 Å². The van der Waals surface area contributed by atoms with Gasteiger partial charge in [0.05, 0.1) is 12.2 Å². The second-order valence-electron chi connectivity index (χ2n) is 7.15. The molecule has 3 aromatic rings. The first kappa shape index (κ1) is 15.9. The Hall–Kier alpha value is -3.28. The molecule has 0 unspecified atom stereocenters. The van der Waals surface area contributed by atoms with Gasteiger partial charge in [-0.2, -0.15) is 0 Å². The standard InChI is InChI=1S/C21H19N3O3/c25-20-22-18-12-23(21(26)27)10-9-19(18)24(20)11-17-15-7-3-1-5-13(15)14-6-2-4-8-16(14)17/h1-8,17H,9-12H2,(H,22,25)(H,26,27). The lowest BCUT2D eigenvalue weighted by atomic mass is 9.96. The fraction of sp³-hybridized carbons (Fsp3) is 0.238. The molecule has 0 radical (unpaired) electrons. The number of amides is 1. The summed E-state index contributed by atoms with van der Waals surface area (Å²) in [6, 6.07) is 16.7. The Morgan fingerprint density at radius 1 is 1.07 bits per heavy atom. The van der Waals surface area contributed by atoms with Gasteiger partial charge in [-0.3, -0.25) is 4.57 Å². The van der Waals surface area contributed by atoms with E-state index in [0.29, 0.717) is 25.2 Å². The van der Waals surface area contributed by atoms with Crippen LogP contribution in [0.1, 0.15) is 28.4 Å². The molecular weight excluding hydrogens is 342 g/mol. The molecule has 2 N–H and O–H groups in total. The summed E-state index contributed by atoms with van der Waals surface area (Å²) in [5.74, 6) is 0.118. The minimum Gasteiger partial charge on any atom is -0.465 e. The summed E-state index contributed by atoms with van der Waals surface area (Å²) in [4.78, 5) is 28.1. The van der Waals surface area contributed by atoms with Gasteiger partial charge in [-0.15, -0.1) is 0 Å². The monoisotopic (exact) mass is 361 g/mol. The van der Waals surface area contributed by atoms with Gasteiger partial charge in [0.2, 0.25) is 0 Å². The van der Waals surface area contributed by atoms with Gasteiger partial charge in [0.1, 0.15) is 0 Å². The number of nitrogens with one attached hydrogen (secondary N) is 1. The third-order valence-corrected chi connectivity index (χ3v) is 5.74. The minimum absolute atomic E-state index is 0.118. The molecule has 1 aromatic heterocycles. The molecule has 0 saturated carbocycles. The predicted octanol–water partition coefficient (Wildman–Crippen LogP) is 3.03. The average molecular weight is 361 g/mol. The molecule has 27 heavy (non-hydrogen) atoms. The maximum absolute atomic E-state index is 12.6. The number of H-pyrrole nitrogens is 1. The maximum Gasteiger partial charge on any atom is 0.407 e. The topological polar surface area (TPSA) is 78.3 Å². The number of rotatable bonds is 2. The predicted molar refractivity (Wildman–Crippen MR) is 101 cm³/mol. The zero-order valence-corrected chi connectivity index (χ0v) is 14.7. The van der Waals surface area contributed by atoms with Crippen molar-refractivity contribution in [1.29, 1.82) is 0 Å². The third kappa shape index (κ3) is 2.40. The highest BCUT2D eigenvalue weighted by atomic mass is 16.4. The van der Waals surface area contributed by atoms with Gasteiger partial charge in [-0.1, -0.05) is 48.5 Å². The van der Waals surface area contributed by atoms with Crippen LogP contribution in [-0.4, -0.2) is 32.2 Å². The summed E-state index contributed by atoms with van der Waals surface area (Å²) in [7, 11) is 0. The van der Waals surface area contributed by atoms with Gasteiger partial charge in [-0.05, 0) is 22.3 Å². The van der Waals surface area contributed by atoms with Crippen molar-refractivity contribution in [2.75, 3.05) is 6.54 Å². The Kier molecular flexibility index (Phi) is 3.47. The van der Waals surface area contributed by atoms with Crippen LogP contribution in [0.3, 0.4) is 0 Å². The van der Waals surface area contributed by atoms with Crippen LogP contribution in [-0.2, 0) is 19.5 Å². The fourth-order valence-electron chi connectivity index (χ4n) is 4.48. The van der Waals surface area contributed by atoms with Crippen molar-refractivity contribution < 1.29 is 9.90 Å². The average Bonchev–Trinajstić information content (AvgIpc) is 3.17. The van der Waals surface area contributed by atoms with Crippen LogP contribution in [0.4, 0.5) is 4.79 Å². The van der Waals surface area contributed by atoms with Crippen molar-refractivity contribution in [1.82, 2.24) is 14.5 Å². The summed E-state index contributed by atoms with van der Waals surface area (Å²) in [6.07, 6.45) is -0.399. The van der Waals surface area contributed by atoms with Crippen molar-refractivity contribution in [2.24, 2.45) is 0 Å². The van der Waals surface area contributed by atoms with Gasteiger partial charge < -0.3 is 15.0 Å². The van der Waals surface area contributed by atoms with Crippen molar-refractivity contribution >= 4 is 6.09 Å². The number of aromatic amines is 1. The molecule has 1 amide bonds. The Morgan fingerprint density at radius 2 is 1.70 bits per heavy atom. The van der Waals surface area contributed by atoms with Crippen LogP contribution in [0.2, 0.25) is 0 Å². The molecule has 0 bridgehead atoms. The second kappa shape index (κ2) is 5.87. The highest BCUT2D eigenvalue weighted by Crippen LogP contribution is 2.45. The molecule has 1 aliphatic carbocycles. The molecule has 0 spiro atoms. The molecule has 136 valence electrons. The molecule has 0 fully saturated rings. The number of benzene rings is 2. The van der Waals surface area contributed by atoms with Crippen molar-refractivity contribution in [3.05, 3.63) is 81.5 Å². The number of nitrogens with zero attached hydrogens (tertiary/aromatic N) is 2. The van der Waals surface area contributed by atoms with Crippen LogP contribution in [0.15, 0.2) is 53.3 Å². The quantitative estimate of drug-likeness (QED) is 0.736. The molecule has 1 aliphatic heterocycles. The normalized spacial score (nSPS) is 15.3. The second-order valence-corrected chi connectivity index (χ2v) is 7.15. The molecule has 2 aliphatic rings. The van der Waals surface area contributed by atoms with Crippen molar-refractivity contribution in [3.63, 3.8) is 0 Å². The number of carbonyl (C=O) groups is 1. The summed E-state index contributed by atoms with van der Waals surface area (Å²) in [6.45, 7) is 1.22. The molecule has 2 aromatic carbocycles. The van der Waals surface area contributed by atoms with E-state index >= 15 is 0 Å². The number of carboxylic acid groups (broad SMARTS) is 1. The first-order valence-electron chi connectivity index (χ1n) is 9.10. The molecular formula is C21H19N3O3. The first-order valence-corrected chi connectivity index (χ1v) is 9.10. The molecule has 6 nitrogen and oxygen atoms in total. The van der Waals surface area contributed by atoms with Crippen LogP contribution >= 0.6 is 0 Å². The van der Waals surface area contributed by atoms with E-state index < -0.39 is 6.09 Å². The van der Waals surface area contributed by atoms with Crippen molar-refractivity contribution in [2.45, 2.75) is 25.4 Å². The number of aromatic nitrogens is 2. The summed E-state index contributed by atoms with van der Waals surface area (Å²) in [5, 5.41) is 9.22. The zero-order valence-electron chi connectivity index (χ0n) is 14.7. The number of hydrogen-bond acceptors (Lipinski definition) is 2. The van der Waals surface area contributed by atoms with Gasteiger partial charge in [0, 0.05) is 31.1 Å². The van der Waals surface area contributed by atoms with Gasteiger partial charge >= 0.3 is 11.8 Å². The van der Waals surface area contributed by atoms with Gasteiger partial charge in [-0.25, -0.2) is 9.59 Å². The summed E-state index contributed by atoms with van der Waals surface area (Å²) in [5.41, 5.74) is 6.42. The maximum atomic E-state index is 12.6. The smallest absolute Gasteiger partial charge is 0.407 e. The Labute approximate surface area is 155 Å². The summed E-state index contributed by atoms with van der Waals surface area (Å²) >= 11 is 0. The molecule has 2 heterocycles. The fourth-order valence-corrected chi connectivity index (χ4v) is 4.48. The Morgan fingerprint density at radius 3 is 2.33 bits per heavy atom.